The first-order chi connectivity index (χ1) is 14.4. The van der Waals surface area contributed by atoms with Gasteiger partial charge in [0, 0.05) is 30.9 Å². The molecular weight excluding hydrogens is 390 g/mol. The monoisotopic (exact) mass is 414 g/mol. The third-order valence-corrected chi connectivity index (χ3v) is 6.37. The van der Waals surface area contributed by atoms with Gasteiger partial charge in [-0.3, -0.25) is 4.79 Å². The molecule has 2 aliphatic rings. The number of halogens is 2. The minimum Gasteiger partial charge on any atom is -0.364 e. The van der Waals surface area contributed by atoms with E-state index in [9.17, 15) is 13.6 Å². The molecule has 2 fully saturated rings. The molecule has 0 radical (unpaired) electrons. The summed E-state index contributed by atoms with van der Waals surface area (Å²) in [4.78, 5) is 16.9. The molecular formula is C22H24F2N4O2. The SMILES string of the molecule is Cc1nocc1-c1ccc2c(c1)nc([C@@H]1CCCC(=O)N1)n2C1CCC(F)(F)CC1. The first kappa shape index (κ1) is 19.2. The second-order valence-corrected chi connectivity index (χ2v) is 8.46. The quantitative estimate of drug-likeness (QED) is 0.648. The molecule has 0 bridgehead atoms. The predicted molar refractivity (Wildman–Crippen MR) is 107 cm³/mol. The summed E-state index contributed by atoms with van der Waals surface area (Å²) in [6.07, 6.45) is 4.29. The van der Waals surface area contributed by atoms with Crippen LogP contribution in [-0.4, -0.2) is 26.5 Å². The van der Waals surface area contributed by atoms with E-state index in [1.807, 2.05) is 25.1 Å². The van der Waals surface area contributed by atoms with Crippen LogP contribution in [0.25, 0.3) is 22.2 Å². The molecule has 6 nitrogen and oxygen atoms in total. The molecule has 8 heteroatoms. The van der Waals surface area contributed by atoms with E-state index in [1.165, 1.54) is 0 Å². The number of carbonyl (C=O) groups excluding carboxylic acids is 1. The molecule has 2 aromatic heterocycles. The third-order valence-electron chi connectivity index (χ3n) is 6.37. The van der Waals surface area contributed by atoms with Crippen molar-refractivity contribution in [3.63, 3.8) is 0 Å². The lowest BCUT2D eigenvalue weighted by Gasteiger charge is -2.32. The van der Waals surface area contributed by atoms with Gasteiger partial charge in [-0.25, -0.2) is 13.8 Å². The Balaban J connectivity index is 1.60. The molecule has 1 amide bonds. The van der Waals surface area contributed by atoms with Gasteiger partial charge in [-0.05, 0) is 50.3 Å². The van der Waals surface area contributed by atoms with Crippen LogP contribution in [0, 0.1) is 6.92 Å². The number of amides is 1. The molecule has 1 saturated heterocycles. The molecule has 0 spiro atoms. The van der Waals surface area contributed by atoms with Crippen molar-refractivity contribution in [2.75, 3.05) is 0 Å². The van der Waals surface area contributed by atoms with E-state index in [0.717, 1.165) is 46.5 Å². The summed E-state index contributed by atoms with van der Waals surface area (Å²) in [5.74, 6) is -1.81. The highest BCUT2D eigenvalue weighted by Crippen LogP contribution is 2.42. The van der Waals surface area contributed by atoms with E-state index < -0.39 is 5.92 Å². The van der Waals surface area contributed by atoms with Gasteiger partial charge in [0.15, 0.2) is 0 Å². The molecule has 1 aliphatic carbocycles. The van der Waals surface area contributed by atoms with Crippen LogP contribution in [0.1, 0.15) is 68.5 Å². The number of alkyl halides is 2. The second-order valence-electron chi connectivity index (χ2n) is 8.46. The van der Waals surface area contributed by atoms with E-state index in [-0.39, 0.29) is 30.8 Å². The van der Waals surface area contributed by atoms with E-state index >= 15 is 0 Å². The fraction of sp³-hybridized carbons (Fsp3) is 0.500. The molecule has 1 atom stereocenters. The molecule has 0 unspecified atom stereocenters. The van der Waals surface area contributed by atoms with Crippen LogP contribution in [-0.2, 0) is 4.79 Å². The van der Waals surface area contributed by atoms with Crippen molar-refractivity contribution in [3.8, 4) is 11.1 Å². The number of imidazole rings is 1. The van der Waals surface area contributed by atoms with Gasteiger partial charge in [0.2, 0.25) is 11.8 Å². The number of carbonyl (C=O) groups is 1. The van der Waals surface area contributed by atoms with E-state index in [2.05, 4.69) is 15.0 Å². The minimum atomic E-state index is -2.59. The summed E-state index contributed by atoms with van der Waals surface area (Å²) in [6.45, 7) is 1.88. The number of nitrogens with one attached hydrogen (secondary N) is 1. The van der Waals surface area contributed by atoms with Gasteiger partial charge in [0.1, 0.15) is 12.1 Å². The first-order valence-corrected chi connectivity index (χ1v) is 10.5. The molecule has 1 saturated carbocycles. The number of hydrogen-bond donors (Lipinski definition) is 1. The Morgan fingerprint density at radius 1 is 1.23 bits per heavy atom. The van der Waals surface area contributed by atoms with Crippen LogP contribution in [0.5, 0.6) is 0 Å². The first-order valence-electron chi connectivity index (χ1n) is 10.5. The lowest BCUT2D eigenvalue weighted by molar-refractivity contribution is -0.123. The van der Waals surface area contributed by atoms with Crippen LogP contribution in [0.15, 0.2) is 29.0 Å². The number of benzene rings is 1. The number of fused-ring (bicyclic) bond motifs is 1. The highest BCUT2D eigenvalue weighted by Gasteiger charge is 2.37. The normalized spacial score (nSPS) is 22.4. The van der Waals surface area contributed by atoms with Gasteiger partial charge in [-0.15, -0.1) is 0 Å². The van der Waals surface area contributed by atoms with Crippen LogP contribution in [0.3, 0.4) is 0 Å². The van der Waals surface area contributed by atoms with Crippen molar-refractivity contribution < 1.29 is 18.1 Å². The fourth-order valence-electron chi connectivity index (χ4n) is 4.77. The zero-order chi connectivity index (χ0) is 20.9. The maximum atomic E-state index is 13.8. The van der Waals surface area contributed by atoms with Gasteiger partial charge in [-0.2, -0.15) is 0 Å². The topological polar surface area (TPSA) is 72.9 Å². The number of rotatable bonds is 3. The van der Waals surface area contributed by atoms with Crippen LogP contribution >= 0.6 is 0 Å². The summed E-state index contributed by atoms with van der Waals surface area (Å²) < 4.78 is 34.8. The van der Waals surface area contributed by atoms with Crippen molar-refractivity contribution in [2.24, 2.45) is 0 Å². The number of aryl methyl sites for hydroxylation is 1. The zero-order valence-corrected chi connectivity index (χ0v) is 16.8. The summed E-state index contributed by atoms with van der Waals surface area (Å²) in [5.41, 5.74) is 4.35. The predicted octanol–water partition coefficient (Wildman–Crippen LogP) is 5.09. The van der Waals surface area contributed by atoms with Gasteiger partial charge in [0.05, 0.1) is 22.8 Å². The Kier molecular flexibility index (Phi) is 4.60. The highest BCUT2D eigenvalue weighted by atomic mass is 19.3. The lowest BCUT2D eigenvalue weighted by Crippen LogP contribution is -2.35. The van der Waals surface area contributed by atoms with Crippen molar-refractivity contribution in [3.05, 3.63) is 36.0 Å². The summed E-state index contributed by atoms with van der Waals surface area (Å²) in [7, 11) is 0. The zero-order valence-electron chi connectivity index (χ0n) is 16.8. The number of nitrogens with zero attached hydrogens (tertiary/aromatic N) is 3. The molecule has 5 rings (SSSR count). The summed E-state index contributed by atoms with van der Waals surface area (Å²) in [5, 5.41) is 6.99. The molecule has 1 N–H and O–H groups in total. The smallest absolute Gasteiger partial charge is 0.248 e. The molecule has 1 aliphatic heterocycles. The molecule has 3 heterocycles. The minimum absolute atomic E-state index is 0.0146. The van der Waals surface area contributed by atoms with Crippen LogP contribution in [0.4, 0.5) is 8.78 Å². The van der Waals surface area contributed by atoms with Crippen LogP contribution in [0.2, 0.25) is 0 Å². The lowest BCUT2D eigenvalue weighted by atomic mass is 9.91. The Labute approximate surface area is 172 Å². The number of aromatic nitrogens is 3. The number of hydrogen-bond acceptors (Lipinski definition) is 4. The third kappa shape index (κ3) is 3.38. The Bertz CT molecular complexity index is 1090. The van der Waals surface area contributed by atoms with Gasteiger partial charge < -0.3 is 14.4 Å². The van der Waals surface area contributed by atoms with Crippen molar-refractivity contribution in [2.45, 2.75) is 69.9 Å². The van der Waals surface area contributed by atoms with Crippen molar-refractivity contribution in [1.29, 1.82) is 0 Å². The van der Waals surface area contributed by atoms with Gasteiger partial charge in [-0.1, -0.05) is 11.2 Å². The molecule has 30 heavy (non-hydrogen) atoms. The van der Waals surface area contributed by atoms with Crippen molar-refractivity contribution in [1.82, 2.24) is 20.0 Å². The number of piperidine rings is 1. The van der Waals surface area contributed by atoms with Gasteiger partial charge in [0.25, 0.3) is 0 Å². The van der Waals surface area contributed by atoms with Crippen molar-refractivity contribution >= 4 is 16.9 Å². The molecule has 3 aromatic rings. The second kappa shape index (κ2) is 7.18. The average Bonchev–Trinajstić information content (AvgIpc) is 3.31. The Hall–Kier alpha value is -2.77. The molecule has 1 aromatic carbocycles. The van der Waals surface area contributed by atoms with E-state index in [0.29, 0.717) is 19.3 Å². The maximum Gasteiger partial charge on any atom is 0.248 e. The van der Waals surface area contributed by atoms with Crippen LogP contribution < -0.4 is 5.32 Å². The van der Waals surface area contributed by atoms with E-state index in [1.54, 1.807) is 6.26 Å². The summed E-state index contributed by atoms with van der Waals surface area (Å²) in [6, 6.07) is 5.72. The highest BCUT2D eigenvalue weighted by molar-refractivity contribution is 5.83. The Morgan fingerprint density at radius 3 is 2.73 bits per heavy atom. The van der Waals surface area contributed by atoms with E-state index in [4.69, 9.17) is 9.51 Å². The standard InChI is InChI=1S/C22H24F2N4O2/c1-13-16(12-30-27-13)14-5-6-19-18(11-14)26-21(17-3-2-4-20(29)25-17)28(19)15-7-9-22(23,24)10-8-15/h5-6,11-12,15,17H,2-4,7-10H2,1H3,(H,25,29)/t17-/m0/s1. The maximum absolute atomic E-state index is 13.8. The average molecular weight is 414 g/mol. The molecule has 158 valence electrons. The fourth-order valence-corrected chi connectivity index (χ4v) is 4.77. The Morgan fingerprint density at radius 2 is 2.03 bits per heavy atom. The largest absolute Gasteiger partial charge is 0.364 e. The van der Waals surface area contributed by atoms with Gasteiger partial charge >= 0.3 is 0 Å². The summed E-state index contributed by atoms with van der Waals surface area (Å²) >= 11 is 0.